The lowest BCUT2D eigenvalue weighted by Crippen LogP contribution is -1.97. The molecule has 4 nitrogen and oxygen atoms in total. The largest absolute Gasteiger partial charge is 0.376 e. The highest BCUT2D eigenvalue weighted by molar-refractivity contribution is 7.11. The number of nitrogens with one attached hydrogen (secondary N) is 1. The molecule has 0 saturated heterocycles. The maximum absolute atomic E-state index is 4.46. The molecule has 0 saturated carbocycles. The molecule has 0 amide bonds. The van der Waals surface area contributed by atoms with Gasteiger partial charge in [0.05, 0.1) is 24.1 Å². The summed E-state index contributed by atoms with van der Waals surface area (Å²) in [4.78, 5) is 5.75. The predicted octanol–water partition coefficient (Wildman–Crippen LogP) is 2.11. The van der Waals surface area contributed by atoms with Crippen LogP contribution >= 0.6 is 11.3 Å². The first-order valence-corrected chi connectivity index (χ1v) is 5.62. The Bertz CT molecular complexity index is 438. The molecule has 0 unspecified atom stereocenters. The molecule has 0 radical (unpaired) electrons. The minimum atomic E-state index is 0.769. The lowest BCUT2D eigenvalue weighted by Gasteiger charge is -1.98. The van der Waals surface area contributed by atoms with Gasteiger partial charge in [-0.05, 0) is 13.8 Å². The van der Waals surface area contributed by atoms with Gasteiger partial charge in [-0.2, -0.15) is 5.10 Å². The summed E-state index contributed by atoms with van der Waals surface area (Å²) in [5.41, 5.74) is 2.16. The lowest BCUT2D eigenvalue weighted by atomic mass is 10.4. The van der Waals surface area contributed by atoms with Crippen LogP contribution in [0.2, 0.25) is 0 Å². The molecule has 0 bridgehead atoms. The van der Waals surface area contributed by atoms with Gasteiger partial charge in [-0.3, -0.25) is 4.68 Å². The van der Waals surface area contributed by atoms with Crippen molar-refractivity contribution in [3.63, 3.8) is 0 Å². The predicted molar refractivity (Wildman–Crippen MR) is 62.1 cm³/mol. The molecule has 5 heteroatoms. The van der Waals surface area contributed by atoms with Crippen LogP contribution in [0, 0.1) is 13.8 Å². The Labute approximate surface area is 93.0 Å². The molecular formula is C10H14N4S. The van der Waals surface area contributed by atoms with Crippen molar-refractivity contribution in [2.45, 2.75) is 20.4 Å². The SMILES string of the molecule is Cc1nc(CNc2cnn(C)c2)sc1C. The van der Waals surface area contributed by atoms with Crippen LogP contribution in [0.4, 0.5) is 5.69 Å². The second-order valence-electron chi connectivity index (χ2n) is 3.51. The Morgan fingerprint density at radius 1 is 1.47 bits per heavy atom. The monoisotopic (exact) mass is 222 g/mol. The van der Waals surface area contributed by atoms with Crippen molar-refractivity contribution >= 4 is 17.0 Å². The summed E-state index contributed by atoms with van der Waals surface area (Å²) in [5, 5.41) is 8.50. The zero-order chi connectivity index (χ0) is 10.8. The molecule has 0 atom stereocenters. The first kappa shape index (κ1) is 10.2. The second-order valence-corrected chi connectivity index (χ2v) is 4.79. The summed E-state index contributed by atoms with van der Waals surface area (Å²) in [6.45, 7) is 4.91. The number of rotatable bonds is 3. The highest BCUT2D eigenvalue weighted by Crippen LogP contribution is 2.17. The van der Waals surface area contributed by atoms with E-state index in [1.807, 2.05) is 26.4 Å². The maximum atomic E-state index is 4.46. The molecule has 0 fully saturated rings. The fourth-order valence-corrected chi connectivity index (χ4v) is 2.18. The topological polar surface area (TPSA) is 42.7 Å². The summed E-state index contributed by atoms with van der Waals surface area (Å²) >= 11 is 1.74. The highest BCUT2D eigenvalue weighted by atomic mass is 32.1. The first-order valence-electron chi connectivity index (χ1n) is 4.80. The number of nitrogens with zero attached hydrogens (tertiary/aromatic N) is 3. The fraction of sp³-hybridized carbons (Fsp3) is 0.400. The summed E-state index contributed by atoms with van der Waals surface area (Å²) in [6, 6.07) is 0. The van der Waals surface area contributed by atoms with Crippen molar-refractivity contribution in [3.8, 4) is 0 Å². The van der Waals surface area contributed by atoms with Crippen LogP contribution in [-0.4, -0.2) is 14.8 Å². The molecule has 2 rings (SSSR count). The van der Waals surface area contributed by atoms with Gasteiger partial charge in [-0.1, -0.05) is 0 Å². The number of hydrogen-bond acceptors (Lipinski definition) is 4. The van der Waals surface area contributed by atoms with Crippen LogP contribution in [0.1, 0.15) is 15.6 Å². The van der Waals surface area contributed by atoms with Gasteiger partial charge in [0.1, 0.15) is 5.01 Å². The molecular weight excluding hydrogens is 208 g/mol. The number of thiazole rings is 1. The summed E-state index contributed by atoms with van der Waals surface area (Å²) in [5.74, 6) is 0. The van der Waals surface area contributed by atoms with Crippen LogP contribution in [0.25, 0.3) is 0 Å². The summed E-state index contributed by atoms with van der Waals surface area (Å²) in [7, 11) is 1.91. The smallest absolute Gasteiger partial charge is 0.112 e. The first-order chi connectivity index (χ1) is 7.15. The summed E-state index contributed by atoms with van der Waals surface area (Å²) < 4.78 is 1.78. The van der Waals surface area contributed by atoms with Crippen LogP contribution < -0.4 is 5.32 Å². The molecule has 0 spiro atoms. The highest BCUT2D eigenvalue weighted by Gasteiger charge is 2.03. The minimum Gasteiger partial charge on any atom is -0.376 e. The van der Waals surface area contributed by atoms with E-state index in [9.17, 15) is 0 Å². The molecule has 0 aliphatic carbocycles. The number of anilines is 1. The maximum Gasteiger partial charge on any atom is 0.112 e. The average Bonchev–Trinajstić information content (AvgIpc) is 2.72. The van der Waals surface area contributed by atoms with E-state index in [1.54, 1.807) is 16.0 Å². The quantitative estimate of drug-likeness (QED) is 0.865. The third kappa shape index (κ3) is 2.36. The van der Waals surface area contributed by atoms with Gasteiger partial charge in [0, 0.05) is 18.1 Å². The number of aromatic nitrogens is 3. The van der Waals surface area contributed by atoms with Crippen LogP contribution in [0.5, 0.6) is 0 Å². The normalized spacial score (nSPS) is 10.6. The van der Waals surface area contributed by atoms with Gasteiger partial charge in [0.15, 0.2) is 0 Å². The van der Waals surface area contributed by atoms with Crippen molar-refractivity contribution in [1.82, 2.24) is 14.8 Å². The molecule has 15 heavy (non-hydrogen) atoms. The van der Waals surface area contributed by atoms with E-state index in [1.165, 1.54) is 4.88 Å². The van der Waals surface area contributed by atoms with E-state index in [2.05, 4.69) is 22.3 Å². The Hall–Kier alpha value is -1.36. The molecule has 2 heterocycles. The third-order valence-electron chi connectivity index (χ3n) is 2.22. The van der Waals surface area contributed by atoms with Crippen molar-refractivity contribution in [1.29, 1.82) is 0 Å². The zero-order valence-corrected chi connectivity index (χ0v) is 9.93. The van der Waals surface area contributed by atoms with Gasteiger partial charge in [0.25, 0.3) is 0 Å². The van der Waals surface area contributed by atoms with Gasteiger partial charge < -0.3 is 5.32 Å². The van der Waals surface area contributed by atoms with E-state index in [-0.39, 0.29) is 0 Å². The Morgan fingerprint density at radius 2 is 2.27 bits per heavy atom. The number of hydrogen-bond donors (Lipinski definition) is 1. The Kier molecular flexibility index (Phi) is 2.73. The van der Waals surface area contributed by atoms with Crippen LogP contribution in [-0.2, 0) is 13.6 Å². The van der Waals surface area contributed by atoms with E-state index in [0.29, 0.717) is 0 Å². The van der Waals surface area contributed by atoms with Gasteiger partial charge in [-0.15, -0.1) is 11.3 Å². The van der Waals surface area contributed by atoms with Crippen molar-refractivity contribution < 1.29 is 0 Å². The molecule has 0 aliphatic rings. The van der Waals surface area contributed by atoms with Crippen molar-refractivity contribution in [3.05, 3.63) is 28.0 Å². The summed E-state index contributed by atoms with van der Waals surface area (Å²) in [6.07, 6.45) is 3.76. The van der Waals surface area contributed by atoms with Crippen molar-refractivity contribution in [2.75, 3.05) is 5.32 Å². The van der Waals surface area contributed by atoms with Crippen LogP contribution in [0.3, 0.4) is 0 Å². The molecule has 1 N–H and O–H groups in total. The standard InChI is InChI=1S/C10H14N4S/c1-7-8(2)15-10(13-7)5-11-9-4-12-14(3)6-9/h4,6,11H,5H2,1-3H3. The Morgan fingerprint density at radius 3 is 2.80 bits per heavy atom. The lowest BCUT2D eigenvalue weighted by molar-refractivity contribution is 0.768. The van der Waals surface area contributed by atoms with E-state index in [0.717, 1.165) is 22.9 Å². The zero-order valence-electron chi connectivity index (χ0n) is 9.11. The third-order valence-corrected chi connectivity index (χ3v) is 3.29. The second kappa shape index (κ2) is 4.02. The van der Waals surface area contributed by atoms with Gasteiger partial charge in [0.2, 0.25) is 0 Å². The van der Waals surface area contributed by atoms with Crippen molar-refractivity contribution in [2.24, 2.45) is 7.05 Å². The van der Waals surface area contributed by atoms with Gasteiger partial charge in [-0.25, -0.2) is 4.98 Å². The van der Waals surface area contributed by atoms with Crippen LogP contribution in [0.15, 0.2) is 12.4 Å². The molecule has 80 valence electrons. The fourth-order valence-electron chi connectivity index (χ4n) is 1.30. The van der Waals surface area contributed by atoms with E-state index >= 15 is 0 Å². The van der Waals surface area contributed by atoms with E-state index < -0.39 is 0 Å². The Balaban J connectivity index is 1.99. The average molecular weight is 222 g/mol. The molecule has 0 aliphatic heterocycles. The molecule has 2 aromatic heterocycles. The minimum absolute atomic E-state index is 0.769. The van der Waals surface area contributed by atoms with Gasteiger partial charge >= 0.3 is 0 Å². The molecule has 2 aromatic rings. The number of aryl methyl sites for hydroxylation is 3. The molecule has 0 aromatic carbocycles. The van der Waals surface area contributed by atoms with E-state index in [4.69, 9.17) is 0 Å².